The fourth-order valence-corrected chi connectivity index (χ4v) is 4.54. The molecule has 0 aromatic rings. The third kappa shape index (κ3) is 6.87. The molecule has 1 aliphatic heterocycles. The molecule has 1 N–H and O–H groups in total. The molecule has 0 spiro atoms. The van der Waals surface area contributed by atoms with E-state index in [4.69, 9.17) is 0 Å². The Hall–Kier alpha value is -0.500. The van der Waals surface area contributed by atoms with Crippen molar-refractivity contribution in [3.63, 3.8) is 0 Å². The van der Waals surface area contributed by atoms with Gasteiger partial charge in [-0.15, -0.1) is 0 Å². The van der Waals surface area contributed by atoms with E-state index in [0.29, 0.717) is 0 Å². The van der Waals surface area contributed by atoms with Crippen LogP contribution >= 0.6 is 0 Å². The van der Waals surface area contributed by atoms with Crippen LogP contribution in [0.25, 0.3) is 0 Å². The lowest BCUT2D eigenvalue weighted by atomic mass is 9.83. The Kier molecular flexibility index (Phi) is 8.50. The molecule has 2 heteroatoms. The quantitative estimate of drug-likeness (QED) is 0.597. The molecule has 1 saturated heterocycles. The number of likely N-dealkylation sites (tertiary alicyclic amines) is 1. The van der Waals surface area contributed by atoms with Crippen molar-refractivity contribution >= 4 is 0 Å². The van der Waals surface area contributed by atoms with Gasteiger partial charge in [0.05, 0.1) is 0 Å². The molecule has 1 heterocycles. The third-order valence-electron chi connectivity index (χ3n) is 6.48. The first-order chi connectivity index (χ1) is 11.2. The summed E-state index contributed by atoms with van der Waals surface area (Å²) >= 11 is 0. The van der Waals surface area contributed by atoms with Gasteiger partial charge in [0.2, 0.25) is 0 Å². The summed E-state index contributed by atoms with van der Waals surface area (Å²) in [6, 6.07) is 0. The summed E-state index contributed by atoms with van der Waals surface area (Å²) in [5.41, 5.74) is 0. The summed E-state index contributed by atoms with van der Waals surface area (Å²) in [5, 5.41) is 3.32. The van der Waals surface area contributed by atoms with Crippen molar-refractivity contribution in [2.24, 2.45) is 23.7 Å². The number of nitrogens with one attached hydrogen (secondary N) is 1. The molecule has 2 rings (SSSR count). The average Bonchev–Trinajstić information content (AvgIpc) is 2.57. The Bertz CT molecular complexity index is 322. The molecular formula is C21H40N2. The first-order valence-electron chi connectivity index (χ1n) is 10.3. The van der Waals surface area contributed by atoms with Crippen molar-refractivity contribution in [3.8, 4) is 0 Å². The second-order valence-corrected chi connectivity index (χ2v) is 8.40. The molecule has 0 aromatic heterocycles. The van der Waals surface area contributed by atoms with Gasteiger partial charge >= 0.3 is 0 Å². The highest BCUT2D eigenvalue weighted by atomic mass is 15.1. The largest absolute Gasteiger partial charge is 0.391 e. The molecule has 1 saturated carbocycles. The van der Waals surface area contributed by atoms with Crippen molar-refractivity contribution < 1.29 is 0 Å². The summed E-state index contributed by atoms with van der Waals surface area (Å²) in [6.07, 6.45) is 14.9. The second kappa shape index (κ2) is 10.4. The summed E-state index contributed by atoms with van der Waals surface area (Å²) in [6.45, 7) is 13.7. The highest BCUT2D eigenvalue weighted by molar-refractivity contribution is 4.79. The number of piperidine rings is 1. The summed E-state index contributed by atoms with van der Waals surface area (Å²) in [7, 11) is 0. The minimum Gasteiger partial charge on any atom is -0.391 e. The maximum absolute atomic E-state index is 3.79. The summed E-state index contributed by atoms with van der Waals surface area (Å²) in [5.74, 6) is 3.67. The Morgan fingerprint density at radius 3 is 2.57 bits per heavy atom. The molecule has 23 heavy (non-hydrogen) atoms. The van der Waals surface area contributed by atoms with Crippen molar-refractivity contribution in [1.82, 2.24) is 10.2 Å². The van der Waals surface area contributed by atoms with E-state index in [9.17, 15) is 0 Å². The normalized spacial score (nSPS) is 28.4. The average molecular weight is 321 g/mol. The van der Waals surface area contributed by atoms with E-state index in [0.717, 1.165) is 30.2 Å². The van der Waals surface area contributed by atoms with E-state index in [1.54, 1.807) is 0 Å². The van der Waals surface area contributed by atoms with Crippen LogP contribution < -0.4 is 5.32 Å². The Balaban J connectivity index is 1.76. The van der Waals surface area contributed by atoms with E-state index >= 15 is 0 Å². The van der Waals surface area contributed by atoms with Crippen LogP contribution in [0, 0.1) is 23.7 Å². The minimum absolute atomic E-state index is 0.866. The first kappa shape index (κ1) is 18.8. The molecule has 0 bridgehead atoms. The smallest absolute Gasteiger partial charge is 0.0144 e. The first-order valence-corrected chi connectivity index (χ1v) is 10.3. The SMILES string of the molecule is C=CNCCC(CCC1CCCCC1)CN1CCC(C)C(C)C1. The van der Waals surface area contributed by atoms with Crippen LogP contribution in [0.2, 0.25) is 0 Å². The number of hydrogen-bond acceptors (Lipinski definition) is 2. The minimum atomic E-state index is 0.866. The lowest BCUT2D eigenvalue weighted by Gasteiger charge is -2.37. The van der Waals surface area contributed by atoms with Gasteiger partial charge in [-0.1, -0.05) is 59.0 Å². The second-order valence-electron chi connectivity index (χ2n) is 8.40. The van der Waals surface area contributed by atoms with Crippen LogP contribution in [0.1, 0.15) is 71.6 Å². The van der Waals surface area contributed by atoms with E-state index < -0.39 is 0 Å². The lowest BCUT2D eigenvalue weighted by molar-refractivity contribution is 0.114. The molecule has 2 fully saturated rings. The van der Waals surface area contributed by atoms with Crippen LogP contribution in [-0.2, 0) is 0 Å². The zero-order chi connectivity index (χ0) is 16.5. The zero-order valence-corrected chi connectivity index (χ0v) is 15.7. The van der Waals surface area contributed by atoms with Crippen molar-refractivity contribution in [1.29, 1.82) is 0 Å². The van der Waals surface area contributed by atoms with E-state index in [-0.39, 0.29) is 0 Å². The van der Waals surface area contributed by atoms with Gasteiger partial charge < -0.3 is 10.2 Å². The van der Waals surface area contributed by atoms with Gasteiger partial charge in [0.25, 0.3) is 0 Å². The van der Waals surface area contributed by atoms with Crippen molar-refractivity contribution in [2.75, 3.05) is 26.2 Å². The monoisotopic (exact) mass is 320 g/mol. The standard InChI is InChI=1S/C21H40N2/c1-4-22-14-12-21(11-10-20-8-6-5-7-9-20)17-23-15-13-18(2)19(3)16-23/h4,18-22H,1,5-17H2,2-3H3. The number of nitrogens with zero attached hydrogens (tertiary/aromatic N) is 1. The van der Waals surface area contributed by atoms with Crippen molar-refractivity contribution in [2.45, 2.75) is 71.6 Å². The molecule has 134 valence electrons. The highest BCUT2D eigenvalue weighted by Crippen LogP contribution is 2.30. The summed E-state index contributed by atoms with van der Waals surface area (Å²) < 4.78 is 0. The van der Waals surface area contributed by atoms with Crippen LogP contribution in [-0.4, -0.2) is 31.1 Å². The third-order valence-corrected chi connectivity index (χ3v) is 6.48. The molecule has 2 aliphatic rings. The van der Waals surface area contributed by atoms with Gasteiger partial charge in [-0.25, -0.2) is 0 Å². The molecular weight excluding hydrogens is 280 g/mol. The molecule has 3 atom stereocenters. The predicted octanol–water partition coefficient (Wildman–Crippen LogP) is 5.06. The van der Waals surface area contributed by atoms with E-state index in [1.807, 2.05) is 6.20 Å². The van der Waals surface area contributed by atoms with Gasteiger partial charge in [-0.2, -0.15) is 0 Å². The van der Waals surface area contributed by atoms with Gasteiger partial charge in [0.15, 0.2) is 0 Å². The lowest BCUT2D eigenvalue weighted by Crippen LogP contribution is -2.41. The molecule has 2 nitrogen and oxygen atoms in total. The van der Waals surface area contributed by atoms with E-state index in [2.05, 4.69) is 30.6 Å². The summed E-state index contributed by atoms with van der Waals surface area (Å²) in [4.78, 5) is 2.75. The predicted molar refractivity (Wildman–Crippen MR) is 102 cm³/mol. The van der Waals surface area contributed by atoms with Crippen LogP contribution in [0.3, 0.4) is 0 Å². The van der Waals surface area contributed by atoms with E-state index in [1.165, 1.54) is 77.4 Å². The Morgan fingerprint density at radius 2 is 1.87 bits per heavy atom. The topological polar surface area (TPSA) is 15.3 Å². The maximum Gasteiger partial charge on any atom is 0.0144 e. The van der Waals surface area contributed by atoms with Crippen molar-refractivity contribution in [3.05, 3.63) is 12.8 Å². The molecule has 1 aliphatic carbocycles. The van der Waals surface area contributed by atoms with Gasteiger partial charge in [-0.05, 0) is 55.7 Å². The molecule has 0 aromatic carbocycles. The fourth-order valence-electron chi connectivity index (χ4n) is 4.54. The van der Waals surface area contributed by atoms with Gasteiger partial charge in [0, 0.05) is 19.6 Å². The molecule has 0 radical (unpaired) electrons. The Morgan fingerprint density at radius 1 is 1.09 bits per heavy atom. The van der Waals surface area contributed by atoms with Crippen LogP contribution in [0.5, 0.6) is 0 Å². The number of hydrogen-bond donors (Lipinski definition) is 1. The fraction of sp³-hybridized carbons (Fsp3) is 0.905. The Labute approximate surface area is 145 Å². The zero-order valence-electron chi connectivity index (χ0n) is 15.7. The van der Waals surface area contributed by atoms with Gasteiger partial charge in [-0.3, -0.25) is 0 Å². The number of rotatable bonds is 9. The highest BCUT2D eigenvalue weighted by Gasteiger charge is 2.25. The molecule has 3 unspecified atom stereocenters. The van der Waals surface area contributed by atoms with Gasteiger partial charge in [0.1, 0.15) is 0 Å². The van der Waals surface area contributed by atoms with Crippen LogP contribution in [0.15, 0.2) is 12.8 Å². The van der Waals surface area contributed by atoms with Crippen LogP contribution in [0.4, 0.5) is 0 Å². The molecule has 0 amide bonds. The maximum atomic E-state index is 3.79.